The Labute approximate surface area is 123 Å². The summed E-state index contributed by atoms with van der Waals surface area (Å²) in [6.07, 6.45) is 1.90. The molecule has 0 aliphatic heterocycles. The van der Waals surface area contributed by atoms with Crippen LogP contribution in [0, 0.1) is 5.92 Å². The lowest BCUT2D eigenvalue weighted by Crippen LogP contribution is -2.27. The van der Waals surface area contributed by atoms with Crippen LogP contribution in [0.15, 0.2) is 24.3 Å². The van der Waals surface area contributed by atoms with Crippen molar-refractivity contribution in [3.05, 3.63) is 35.4 Å². The molecule has 5 nitrogen and oxygen atoms in total. The summed E-state index contributed by atoms with van der Waals surface area (Å²) in [5.74, 6) is -3.20. The number of carbonyl (C=O) groups excluding carboxylic acids is 2. The molecule has 0 bridgehead atoms. The van der Waals surface area contributed by atoms with E-state index < -0.39 is 23.6 Å². The molecule has 0 spiro atoms. The van der Waals surface area contributed by atoms with Crippen LogP contribution < -0.4 is 0 Å². The van der Waals surface area contributed by atoms with Gasteiger partial charge in [0.1, 0.15) is 5.92 Å². The third-order valence-corrected chi connectivity index (χ3v) is 3.16. The molecule has 0 aromatic heterocycles. The molecule has 0 aliphatic carbocycles. The van der Waals surface area contributed by atoms with Crippen LogP contribution in [-0.4, -0.2) is 29.4 Å². The normalized spacial score (nSPS) is 11.7. The van der Waals surface area contributed by atoms with E-state index in [1.807, 2.05) is 6.92 Å². The standard InChI is InChI=1S/C16H20O5/c1-3-5-8-13(16(20)21-4-2)14(17)11-9-6-7-10-12(11)15(18)19/h6-7,9-10,13H,3-5,8H2,1-2H3,(H,18,19). The molecule has 1 aromatic rings. The van der Waals surface area contributed by atoms with E-state index in [1.54, 1.807) is 19.1 Å². The lowest BCUT2D eigenvalue weighted by atomic mass is 9.90. The van der Waals surface area contributed by atoms with Crippen molar-refractivity contribution < 1.29 is 24.2 Å². The molecule has 21 heavy (non-hydrogen) atoms. The van der Waals surface area contributed by atoms with Crippen LogP contribution in [0.5, 0.6) is 0 Å². The fraction of sp³-hybridized carbons (Fsp3) is 0.438. The number of ether oxygens (including phenoxy) is 1. The molecule has 1 N–H and O–H groups in total. The van der Waals surface area contributed by atoms with Crippen LogP contribution in [0.4, 0.5) is 0 Å². The van der Waals surface area contributed by atoms with Gasteiger partial charge in [-0.2, -0.15) is 0 Å². The van der Waals surface area contributed by atoms with Gasteiger partial charge in [0.05, 0.1) is 12.2 Å². The first-order chi connectivity index (χ1) is 10.0. The van der Waals surface area contributed by atoms with Gasteiger partial charge in [-0.05, 0) is 19.4 Å². The predicted molar refractivity (Wildman–Crippen MR) is 77.4 cm³/mol. The number of carbonyl (C=O) groups is 3. The number of unbranched alkanes of at least 4 members (excludes halogenated alkanes) is 1. The minimum atomic E-state index is -1.18. The molecular weight excluding hydrogens is 272 g/mol. The van der Waals surface area contributed by atoms with Gasteiger partial charge in [-0.15, -0.1) is 0 Å². The van der Waals surface area contributed by atoms with Crippen LogP contribution in [0.25, 0.3) is 0 Å². The summed E-state index contributed by atoms with van der Waals surface area (Å²) in [4.78, 5) is 35.7. The van der Waals surface area contributed by atoms with Gasteiger partial charge in [0.25, 0.3) is 0 Å². The lowest BCUT2D eigenvalue weighted by Gasteiger charge is -2.15. The maximum absolute atomic E-state index is 12.5. The Morgan fingerprint density at radius 2 is 1.76 bits per heavy atom. The van der Waals surface area contributed by atoms with Crippen molar-refractivity contribution in [3.63, 3.8) is 0 Å². The third kappa shape index (κ3) is 4.41. The first kappa shape index (κ1) is 16.9. The maximum atomic E-state index is 12.5. The molecule has 0 fully saturated rings. The fourth-order valence-corrected chi connectivity index (χ4v) is 2.08. The molecule has 5 heteroatoms. The first-order valence-electron chi connectivity index (χ1n) is 7.06. The van der Waals surface area contributed by atoms with Crippen LogP contribution in [0.2, 0.25) is 0 Å². The smallest absolute Gasteiger partial charge is 0.336 e. The zero-order chi connectivity index (χ0) is 15.8. The number of hydrogen-bond donors (Lipinski definition) is 1. The van der Waals surface area contributed by atoms with Gasteiger partial charge >= 0.3 is 11.9 Å². The summed E-state index contributed by atoms with van der Waals surface area (Å²) in [5, 5.41) is 9.15. The largest absolute Gasteiger partial charge is 0.478 e. The van der Waals surface area contributed by atoms with Gasteiger partial charge in [0.2, 0.25) is 0 Å². The van der Waals surface area contributed by atoms with Gasteiger partial charge in [0.15, 0.2) is 5.78 Å². The van der Waals surface area contributed by atoms with Gasteiger partial charge in [-0.1, -0.05) is 38.0 Å². The highest BCUT2D eigenvalue weighted by Crippen LogP contribution is 2.20. The minimum Gasteiger partial charge on any atom is -0.478 e. The van der Waals surface area contributed by atoms with Crippen LogP contribution >= 0.6 is 0 Å². The average molecular weight is 292 g/mol. The maximum Gasteiger partial charge on any atom is 0.336 e. The molecule has 1 unspecified atom stereocenters. The fourth-order valence-electron chi connectivity index (χ4n) is 2.08. The molecule has 0 radical (unpaired) electrons. The van der Waals surface area contributed by atoms with E-state index in [2.05, 4.69) is 0 Å². The van der Waals surface area contributed by atoms with Crippen LogP contribution in [-0.2, 0) is 9.53 Å². The van der Waals surface area contributed by atoms with Crippen molar-refractivity contribution >= 4 is 17.7 Å². The topological polar surface area (TPSA) is 80.7 Å². The van der Waals surface area contributed by atoms with Crippen molar-refractivity contribution in [2.45, 2.75) is 33.1 Å². The summed E-state index contributed by atoms with van der Waals surface area (Å²) in [5.41, 5.74) is -0.0348. The summed E-state index contributed by atoms with van der Waals surface area (Å²) in [7, 11) is 0. The van der Waals surface area contributed by atoms with Gasteiger partial charge < -0.3 is 9.84 Å². The second-order valence-corrected chi connectivity index (χ2v) is 4.66. The van der Waals surface area contributed by atoms with E-state index in [1.165, 1.54) is 12.1 Å². The number of ketones is 1. The molecule has 1 rings (SSSR count). The minimum absolute atomic E-state index is 0.0548. The highest BCUT2D eigenvalue weighted by molar-refractivity contribution is 6.13. The first-order valence-corrected chi connectivity index (χ1v) is 7.06. The summed E-state index contributed by atoms with van der Waals surface area (Å²) in [6.45, 7) is 3.82. The number of carboxylic acids is 1. The van der Waals surface area contributed by atoms with E-state index in [4.69, 9.17) is 9.84 Å². The molecular formula is C16H20O5. The van der Waals surface area contributed by atoms with Gasteiger partial charge in [-0.25, -0.2) is 4.79 Å². The number of carboxylic acid groups (broad SMARTS) is 1. The predicted octanol–water partition coefficient (Wildman–Crippen LogP) is 2.94. The van der Waals surface area contributed by atoms with Gasteiger partial charge in [-0.3, -0.25) is 9.59 Å². The van der Waals surface area contributed by atoms with E-state index in [9.17, 15) is 14.4 Å². The van der Waals surface area contributed by atoms with Crippen molar-refractivity contribution in [1.82, 2.24) is 0 Å². The molecule has 0 aliphatic rings. The number of rotatable bonds is 8. The molecule has 0 heterocycles. The van der Waals surface area contributed by atoms with Gasteiger partial charge in [0, 0.05) is 5.56 Å². The number of benzene rings is 1. The second kappa shape index (κ2) is 8.19. The molecule has 1 aromatic carbocycles. The van der Waals surface area contributed by atoms with Crippen molar-refractivity contribution in [2.24, 2.45) is 5.92 Å². The third-order valence-electron chi connectivity index (χ3n) is 3.16. The number of aromatic carboxylic acids is 1. The highest BCUT2D eigenvalue weighted by atomic mass is 16.5. The Bertz CT molecular complexity index is 521. The van der Waals surface area contributed by atoms with E-state index in [-0.39, 0.29) is 17.7 Å². The SMILES string of the molecule is CCCCC(C(=O)OCC)C(=O)c1ccccc1C(=O)O. The van der Waals surface area contributed by atoms with Crippen molar-refractivity contribution in [2.75, 3.05) is 6.61 Å². The highest BCUT2D eigenvalue weighted by Gasteiger charge is 2.30. The Morgan fingerprint density at radius 1 is 1.14 bits per heavy atom. The summed E-state index contributed by atoms with van der Waals surface area (Å²) < 4.78 is 4.94. The summed E-state index contributed by atoms with van der Waals surface area (Å²) in [6, 6.07) is 5.93. The number of esters is 1. The second-order valence-electron chi connectivity index (χ2n) is 4.66. The number of Topliss-reactive ketones (excluding diaryl/α,β-unsaturated/α-hetero) is 1. The lowest BCUT2D eigenvalue weighted by molar-refractivity contribution is -0.146. The van der Waals surface area contributed by atoms with Crippen LogP contribution in [0.3, 0.4) is 0 Å². The Hall–Kier alpha value is -2.17. The zero-order valence-corrected chi connectivity index (χ0v) is 12.3. The quantitative estimate of drug-likeness (QED) is 0.452. The van der Waals surface area contributed by atoms with Crippen molar-refractivity contribution in [3.8, 4) is 0 Å². The van der Waals surface area contributed by atoms with E-state index in [0.717, 1.165) is 6.42 Å². The molecule has 0 amide bonds. The Balaban J connectivity index is 3.10. The van der Waals surface area contributed by atoms with Crippen molar-refractivity contribution in [1.29, 1.82) is 0 Å². The summed E-state index contributed by atoms with van der Waals surface area (Å²) >= 11 is 0. The molecule has 0 saturated carbocycles. The molecule has 1 atom stereocenters. The van der Waals surface area contributed by atoms with E-state index >= 15 is 0 Å². The van der Waals surface area contributed by atoms with Crippen LogP contribution in [0.1, 0.15) is 53.8 Å². The molecule has 114 valence electrons. The molecule has 0 saturated heterocycles. The monoisotopic (exact) mass is 292 g/mol. The Morgan fingerprint density at radius 3 is 2.29 bits per heavy atom. The Kier molecular flexibility index (Phi) is 6.59. The van der Waals surface area contributed by atoms with E-state index in [0.29, 0.717) is 12.8 Å². The average Bonchev–Trinajstić information content (AvgIpc) is 2.47. The zero-order valence-electron chi connectivity index (χ0n) is 12.3. The number of hydrogen-bond acceptors (Lipinski definition) is 4.